The first-order valence-corrected chi connectivity index (χ1v) is 7.59. The molecule has 1 unspecified atom stereocenters. The molecule has 0 bridgehead atoms. The zero-order chi connectivity index (χ0) is 16.6. The van der Waals surface area contributed by atoms with Crippen LogP contribution in [0.1, 0.15) is 31.5 Å². The van der Waals surface area contributed by atoms with Gasteiger partial charge in [-0.05, 0) is 61.1 Å². The molecule has 0 saturated carbocycles. The zero-order valence-corrected chi connectivity index (χ0v) is 13.3. The Morgan fingerprint density at radius 2 is 2.13 bits per heavy atom. The molecule has 1 heterocycles. The van der Waals surface area contributed by atoms with E-state index in [9.17, 15) is 9.50 Å². The van der Waals surface area contributed by atoms with Crippen molar-refractivity contribution in [3.63, 3.8) is 0 Å². The first-order chi connectivity index (χ1) is 10.9. The van der Waals surface area contributed by atoms with Crippen LogP contribution in [-0.2, 0) is 6.42 Å². The van der Waals surface area contributed by atoms with Crippen molar-refractivity contribution in [1.82, 2.24) is 9.78 Å². The number of hydrogen-bond donors (Lipinski definition) is 1. The van der Waals surface area contributed by atoms with E-state index in [4.69, 9.17) is 6.42 Å². The van der Waals surface area contributed by atoms with Crippen molar-refractivity contribution in [2.24, 2.45) is 5.41 Å². The Balaban J connectivity index is 1.98. The minimum atomic E-state index is -0.753. The van der Waals surface area contributed by atoms with Gasteiger partial charge in [-0.25, -0.2) is 9.07 Å². The Morgan fingerprint density at radius 3 is 2.78 bits per heavy atom. The summed E-state index contributed by atoms with van der Waals surface area (Å²) in [5.74, 6) is 2.12. The van der Waals surface area contributed by atoms with Crippen molar-refractivity contribution in [3.05, 3.63) is 53.1 Å². The van der Waals surface area contributed by atoms with Crippen LogP contribution in [-0.4, -0.2) is 21.0 Å². The highest BCUT2D eigenvalue weighted by molar-refractivity contribution is 5.60. The number of fused-ring (bicyclic) bond motifs is 1. The molecule has 2 atom stereocenters. The van der Waals surface area contributed by atoms with Crippen molar-refractivity contribution in [2.75, 3.05) is 0 Å². The minimum Gasteiger partial charge on any atom is -0.380 e. The first kappa shape index (κ1) is 15.5. The van der Waals surface area contributed by atoms with Gasteiger partial charge < -0.3 is 5.11 Å². The first-order valence-electron chi connectivity index (χ1n) is 7.59. The van der Waals surface area contributed by atoms with Crippen LogP contribution in [0.4, 0.5) is 4.39 Å². The van der Waals surface area contributed by atoms with Crippen LogP contribution < -0.4 is 0 Å². The molecule has 0 spiro atoms. The predicted molar refractivity (Wildman–Crippen MR) is 88.4 cm³/mol. The summed E-state index contributed by atoms with van der Waals surface area (Å²) in [7, 11) is 0. The lowest BCUT2D eigenvalue weighted by Gasteiger charge is -2.34. The van der Waals surface area contributed by atoms with E-state index >= 15 is 0 Å². The summed E-state index contributed by atoms with van der Waals surface area (Å²) in [5, 5.41) is 14.3. The minimum absolute atomic E-state index is 0.185. The van der Waals surface area contributed by atoms with Gasteiger partial charge in [-0.3, -0.25) is 0 Å². The van der Waals surface area contributed by atoms with E-state index in [1.54, 1.807) is 12.1 Å². The Kier molecular flexibility index (Phi) is 3.83. The largest absolute Gasteiger partial charge is 0.380 e. The molecule has 0 saturated heterocycles. The van der Waals surface area contributed by atoms with Gasteiger partial charge in [-0.1, -0.05) is 18.4 Å². The topological polar surface area (TPSA) is 38.1 Å². The van der Waals surface area contributed by atoms with Crippen molar-refractivity contribution in [2.45, 2.75) is 32.8 Å². The highest BCUT2D eigenvalue weighted by atomic mass is 19.1. The summed E-state index contributed by atoms with van der Waals surface area (Å²) in [6.45, 7) is 4.16. The molecule has 3 nitrogen and oxygen atoms in total. The highest BCUT2D eigenvalue weighted by Crippen LogP contribution is 2.42. The molecule has 1 aromatic carbocycles. The van der Waals surface area contributed by atoms with E-state index in [-0.39, 0.29) is 11.2 Å². The summed E-state index contributed by atoms with van der Waals surface area (Å²) in [5.41, 5.74) is 3.90. The number of benzene rings is 1. The Bertz CT molecular complexity index is 798. The standard InChI is InChI=1S/C19H19FN2O/c1-4-17(23)11-19(3)10-14-12-21-22(18(14)9-13(19)2)16-7-5-15(20)6-8-16/h1,5-9,12,17,23H,10-11H2,2-3H3/t17?,19-/m0/s1. The van der Waals surface area contributed by atoms with Crippen molar-refractivity contribution < 1.29 is 9.50 Å². The third-order valence-corrected chi connectivity index (χ3v) is 4.68. The lowest BCUT2D eigenvalue weighted by Crippen LogP contribution is -2.29. The third kappa shape index (κ3) is 2.80. The molecule has 1 aliphatic carbocycles. The van der Waals surface area contributed by atoms with E-state index in [1.165, 1.54) is 12.1 Å². The SMILES string of the molecule is C#CC(O)C[C@]1(C)Cc2cnn(-c3ccc(F)cc3)c2C=C1C. The fraction of sp³-hybridized carbons (Fsp3) is 0.316. The summed E-state index contributed by atoms with van der Waals surface area (Å²) < 4.78 is 14.9. The lowest BCUT2D eigenvalue weighted by atomic mass is 9.70. The number of aromatic nitrogens is 2. The van der Waals surface area contributed by atoms with Crippen molar-refractivity contribution in [3.8, 4) is 18.0 Å². The van der Waals surface area contributed by atoms with Crippen LogP contribution in [0.3, 0.4) is 0 Å². The predicted octanol–water partition coefficient (Wildman–Crippen LogP) is 3.36. The highest BCUT2D eigenvalue weighted by Gasteiger charge is 2.34. The van der Waals surface area contributed by atoms with E-state index in [2.05, 4.69) is 24.0 Å². The van der Waals surface area contributed by atoms with Crippen LogP contribution in [0.15, 0.2) is 36.0 Å². The maximum absolute atomic E-state index is 13.1. The monoisotopic (exact) mass is 310 g/mol. The molecule has 0 aliphatic heterocycles. The quantitative estimate of drug-likeness (QED) is 0.883. The van der Waals surface area contributed by atoms with E-state index in [1.807, 2.05) is 17.8 Å². The maximum atomic E-state index is 13.1. The number of aliphatic hydroxyl groups is 1. The fourth-order valence-corrected chi connectivity index (χ4v) is 3.13. The maximum Gasteiger partial charge on any atom is 0.123 e. The Morgan fingerprint density at radius 1 is 1.43 bits per heavy atom. The number of rotatable bonds is 3. The molecule has 3 rings (SSSR count). The van der Waals surface area contributed by atoms with Gasteiger partial charge in [-0.15, -0.1) is 6.42 Å². The smallest absolute Gasteiger partial charge is 0.123 e. The molecule has 1 N–H and O–H groups in total. The molecule has 1 aromatic heterocycles. The molecule has 1 aliphatic rings. The number of nitrogens with zero attached hydrogens (tertiary/aromatic N) is 2. The summed E-state index contributed by atoms with van der Waals surface area (Å²) >= 11 is 0. The number of aliphatic hydroxyl groups excluding tert-OH is 1. The number of hydrogen-bond acceptors (Lipinski definition) is 2. The number of allylic oxidation sites excluding steroid dienone is 1. The molecular weight excluding hydrogens is 291 g/mol. The van der Waals surface area contributed by atoms with Gasteiger partial charge in [0, 0.05) is 0 Å². The summed E-state index contributed by atoms with van der Waals surface area (Å²) in [6.07, 6.45) is 9.77. The van der Waals surface area contributed by atoms with Gasteiger partial charge in [0.1, 0.15) is 11.9 Å². The van der Waals surface area contributed by atoms with Crippen LogP contribution in [0.2, 0.25) is 0 Å². The Labute approximate surface area is 135 Å². The van der Waals surface area contributed by atoms with Gasteiger partial charge in [0.2, 0.25) is 0 Å². The second-order valence-electron chi connectivity index (χ2n) is 6.39. The van der Waals surface area contributed by atoms with Crippen molar-refractivity contribution >= 4 is 6.08 Å². The zero-order valence-electron chi connectivity index (χ0n) is 13.3. The van der Waals surface area contributed by atoms with Gasteiger partial charge in [-0.2, -0.15) is 5.10 Å². The van der Waals surface area contributed by atoms with Gasteiger partial charge in [0.15, 0.2) is 0 Å². The second kappa shape index (κ2) is 5.68. The lowest BCUT2D eigenvalue weighted by molar-refractivity contribution is 0.168. The van der Waals surface area contributed by atoms with E-state index in [0.717, 1.165) is 28.9 Å². The summed E-state index contributed by atoms with van der Waals surface area (Å²) in [6, 6.07) is 6.27. The molecule has 23 heavy (non-hydrogen) atoms. The number of terminal acetylenes is 1. The van der Waals surface area contributed by atoms with Gasteiger partial charge in [0.25, 0.3) is 0 Å². The molecular formula is C19H19FN2O. The van der Waals surface area contributed by atoms with Gasteiger partial charge >= 0.3 is 0 Å². The molecule has 4 heteroatoms. The number of halogens is 1. The molecule has 0 radical (unpaired) electrons. The van der Waals surface area contributed by atoms with Crippen LogP contribution in [0, 0.1) is 23.6 Å². The average molecular weight is 310 g/mol. The normalized spacial score (nSPS) is 21.3. The third-order valence-electron chi connectivity index (χ3n) is 4.68. The van der Waals surface area contributed by atoms with Crippen molar-refractivity contribution in [1.29, 1.82) is 0 Å². The molecule has 0 amide bonds. The molecule has 2 aromatic rings. The summed E-state index contributed by atoms with van der Waals surface area (Å²) in [4.78, 5) is 0. The van der Waals surface area contributed by atoms with Crippen LogP contribution in [0.5, 0.6) is 0 Å². The van der Waals surface area contributed by atoms with E-state index < -0.39 is 6.10 Å². The van der Waals surface area contributed by atoms with Crippen LogP contribution >= 0.6 is 0 Å². The molecule has 118 valence electrons. The van der Waals surface area contributed by atoms with Gasteiger partial charge in [0.05, 0.1) is 17.6 Å². The molecule has 0 fully saturated rings. The Hall–Kier alpha value is -2.38. The fourth-order valence-electron chi connectivity index (χ4n) is 3.13. The van der Waals surface area contributed by atoms with Crippen LogP contribution in [0.25, 0.3) is 11.8 Å². The second-order valence-corrected chi connectivity index (χ2v) is 6.39. The average Bonchev–Trinajstić information content (AvgIpc) is 2.90. The van der Waals surface area contributed by atoms with E-state index in [0.29, 0.717) is 6.42 Å².